The van der Waals surface area contributed by atoms with E-state index in [1.807, 2.05) is 48.5 Å². The van der Waals surface area contributed by atoms with Crippen molar-refractivity contribution >= 4 is 15.9 Å². The third kappa shape index (κ3) is 3.74. The van der Waals surface area contributed by atoms with E-state index in [0.29, 0.717) is 29.3 Å². The van der Waals surface area contributed by atoms with Crippen molar-refractivity contribution in [2.75, 3.05) is 7.11 Å². The largest absolute Gasteiger partial charge is 0.493 e. The van der Waals surface area contributed by atoms with Gasteiger partial charge in [0.25, 0.3) is 0 Å². The smallest absolute Gasteiger partial charge is 0.226 e. The van der Waals surface area contributed by atoms with Crippen molar-refractivity contribution in [1.82, 2.24) is 4.98 Å². The molecule has 23 heavy (non-hydrogen) atoms. The number of aromatic nitrogens is 1. The normalized spacial score (nSPS) is 10.5. The first-order chi connectivity index (χ1) is 11.3. The fourth-order valence-electron chi connectivity index (χ4n) is 2.16. The van der Waals surface area contributed by atoms with Gasteiger partial charge in [-0.15, -0.1) is 0 Å². The van der Waals surface area contributed by atoms with Crippen molar-refractivity contribution in [3.8, 4) is 23.0 Å². The highest BCUT2D eigenvalue weighted by atomic mass is 79.9. The highest BCUT2D eigenvalue weighted by Crippen LogP contribution is 2.33. The summed E-state index contributed by atoms with van der Waals surface area (Å²) in [6, 6.07) is 15.6. The van der Waals surface area contributed by atoms with E-state index < -0.39 is 0 Å². The Balaban J connectivity index is 1.84. The molecule has 0 bridgehead atoms. The van der Waals surface area contributed by atoms with Crippen LogP contribution in [0.25, 0.3) is 11.5 Å². The van der Waals surface area contributed by atoms with Crippen LogP contribution in [0.5, 0.6) is 11.5 Å². The van der Waals surface area contributed by atoms with E-state index in [1.165, 1.54) is 0 Å². The van der Waals surface area contributed by atoms with Gasteiger partial charge in [0.1, 0.15) is 12.9 Å². The van der Waals surface area contributed by atoms with E-state index >= 15 is 0 Å². The van der Waals surface area contributed by atoms with Crippen LogP contribution in [0.15, 0.2) is 59.2 Å². The molecule has 118 valence electrons. The fraction of sp³-hybridized carbons (Fsp3) is 0.167. The van der Waals surface area contributed by atoms with Gasteiger partial charge < -0.3 is 13.9 Å². The summed E-state index contributed by atoms with van der Waals surface area (Å²) in [5.74, 6) is 1.90. The standard InChI is InChI=1S/C18H16BrNO3/c1-21-16-8-7-14(18-20-15(10-19)12-23-18)9-17(16)22-11-13-5-3-2-4-6-13/h2-9,12H,10-11H2,1H3. The lowest BCUT2D eigenvalue weighted by Crippen LogP contribution is -1.98. The Hall–Kier alpha value is -2.27. The Morgan fingerprint density at radius 3 is 2.61 bits per heavy atom. The number of ether oxygens (including phenoxy) is 2. The number of nitrogens with zero attached hydrogens (tertiary/aromatic N) is 1. The Kier molecular flexibility index (Phi) is 4.98. The first-order valence-electron chi connectivity index (χ1n) is 7.15. The Morgan fingerprint density at radius 2 is 1.91 bits per heavy atom. The summed E-state index contributed by atoms with van der Waals surface area (Å²) in [6.45, 7) is 0.471. The molecule has 0 saturated carbocycles. The van der Waals surface area contributed by atoms with Gasteiger partial charge in [-0.2, -0.15) is 0 Å². The van der Waals surface area contributed by atoms with E-state index in [4.69, 9.17) is 13.9 Å². The van der Waals surface area contributed by atoms with E-state index in [1.54, 1.807) is 13.4 Å². The molecule has 0 spiro atoms. The molecule has 1 aromatic heterocycles. The summed E-state index contributed by atoms with van der Waals surface area (Å²) in [5, 5.41) is 0.657. The first kappa shape index (κ1) is 15.6. The number of alkyl halides is 1. The molecule has 0 fully saturated rings. The maximum Gasteiger partial charge on any atom is 0.226 e. The maximum atomic E-state index is 5.91. The number of rotatable bonds is 6. The molecule has 4 nitrogen and oxygen atoms in total. The average molecular weight is 374 g/mol. The van der Waals surface area contributed by atoms with Gasteiger partial charge in [-0.1, -0.05) is 46.3 Å². The van der Waals surface area contributed by atoms with Crippen molar-refractivity contribution in [1.29, 1.82) is 0 Å². The van der Waals surface area contributed by atoms with Crippen molar-refractivity contribution in [3.63, 3.8) is 0 Å². The first-order valence-corrected chi connectivity index (χ1v) is 8.28. The molecule has 5 heteroatoms. The van der Waals surface area contributed by atoms with Crippen molar-refractivity contribution in [2.24, 2.45) is 0 Å². The summed E-state index contributed by atoms with van der Waals surface area (Å²) in [4.78, 5) is 4.40. The zero-order valence-electron chi connectivity index (χ0n) is 12.7. The summed E-state index contributed by atoms with van der Waals surface area (Å²) in [7, 11) is 1.62. The molecule has 0 radical (unpaired) electrons. The summed E-state index contributed by atoms with van der Waals surface area (Å²) < 4.78 is 16.8. The van der Waals surface area contributed by atoms with E-state index in [-0.39, 0.29) is 0 Å². The molecule has 3 aromatic rings. The van der Waals surface area contributed by atoms with Gasteiger partial charge >= 0.3 is 0 Å². The van der Waals surface area contributed by atoms with Crippen molar-refractivity contribution in [3.05, 3.63) is 66.1 Å². The lowest BCUT2D eigenvalue weighted by molar-refractivity contribution is 0.284. The van der Waals surface area contributed by atoms with Crippen LogP contribution < -0.4 is 9.47 Å². The lowest BCUT2D eigenvalue weighted by atomic mass is 10.2. The highest BCUT2D eigenvalue weighted by Gasteiger charge is 2.11. The van der Waals surface area contributed by atoms with Crippen LogP contribution >= 0.6 is 15.9 Å². The molecule has 0 N–H and O–H groups in total. The number of hydrogen-bond acceptors (Lipinski definition) is 4. The molecule has 0 aliphatic heterocycles. The van der Waals surface area contributed by atoms with Crippen LogP contribution in [0, 0.1) is 0 Å². The molecule has 0 aliphatic rings. The summed E-state index contributed by atoms with van der Waals surface area (Å²) in [6.07, 6.45) is 1.64. The number of halogens is 1. The Bertz CT molecular complexity index is 771. The van der Waals surface area contributed by atoms with E-state index in [9.17, 15) is 0 Å². The van der Waals surface area contributed by atoms with Crippen LogP contribution in [0.2, 0.25) is 0 Å². The predicted octanol–water partition coefficient (Wildman–Crippen LogP) is 4.82. The van der Waals surface area contributed by atoms with Crippen LogP contribution in [0.3, 0.4) is 0 Å². The van der Waals surface area contributed by atoms with Gasteiger partial charge in [-0.25, -0.2) is 4.98 Å². The van der Waals surface area contributed by atoms with Gasteiger partial charge in [0.15, 0.2) is 11.5 Å². The molecule has 3 rings (SSSR count). The molecule has 0 amide bonds. The third-order valence-electron chi connectivity index (χ3n) is 3.34. The minimum Gasteiger partial charge on any atom is -0.493 e. The summed E-state index contributed by atoms with van der Waals surface area (Å²) in [5.41, 5.74) is 2.79. The minimum absolute atomic E-state index is 0.471. The fourth-order valence-corrected chi connectivity index (χ4v) is 2.42. The lowest BCUT2D eigenvalue weighted by Gasteiger charge is -2.11. The second-order valence-electron chi connectivity index (χ2n) is 4.92. The molecular weight excluding hydrogens is 358 g/mol. The Morgan fingerprint density at radius 1 is 1.09 bits per heavy atom. The van der Waals surface area contributed by atoms with Gasteiger partial charge in [0.05, 0.1) is 12.8 Å². The van der Waals surface area contributed by atoms with Crippen LogP contribution in [0.4, 0.5) is 0 Å². The second kappa shape index (κ2) is 7.33. The zero-order chi connectivity index (χ0) is 16.1. The molecule has 2 aromatic carbocycles. The average Bonchev–Trinajstić information content (AvgIpc) is 3.10. The quantitative estimate of drug-likeness (QED) is 0.580. The molecule has 1 heterocycles. The molecule has 0 atom stereocenters. The van der Waals surface area contributed by atoms with Crippen LogP contribution in [0.1, 0.15) is 11.3 Å². The number of methoxy groups -OCH3 is 1. The highest BCUT2D eigenvalue weighted by molar-refractivity contribution is 9.08. The van der Waals surface area contributed by atoms with Gasteiger partial charge in [-0.05, 0) is 23.8 Å². The summed E-state index contributed by atoms with van der Waals surface area (Å²) >= 11 is 3.36. The minimum atomic E-state index is 0.471. The van der Waals surface area contributed by atoms with E-state index in [2.05, 4.69) is 20.9 Å². The topological polar surface area (TPSA) is 44.5 Å². The molecular formula is C18H16BrNO3. The van der Waals surface area contributed by atoms with Crippen molar-refractivity contribution < 1.29 is 13.9 Å². The number of oxazole rings is 1. The van der Waals surface area contributed by atoms with Crippen molar-refractivity contribution in [2.45, 2.75) is 11.9 Å². The number of hydrogen-bond donors (Lipinski definition) is 0. The van der Waals surface area contributed by atoms with Crippen LogP contribution in [-0.4, -0.2) is 12.1 Å². The molecule has 0 saturated heterocycles. The predicted molar refractivity (Wildman–Crippen MR) is 91.9 cm³/mol. The van der Waals surface area contributed by atoms with Gasteiger partial charge in [-0.3, -0.25) is 0 Å². The molecule has 0 aliphatic carbocycles. The Labute approximate surface area is 143 Å². The maximum absolute atomic E-state index is 5.91. The van der Waals surface area contributed by atoms with E-state index in [0.717, 1.165) is 16.8 Å². The SMILES string of the molecule is COc1ccc(-c2nc(CBr)co2)cc1OCc1ccccc1. The molecule has 0 unspecified atom stereocenters. The van der Waals surface area contributed by atoms with Gasteiger partial charge in [0.2, 0.25) is 5.89 Å². The second-order valence-corrected chi connectivity index (χ2v) is 5.48. The third-order valence-corrected chi connectivity index (χ3v) is 3.91. The zero-order valence-corrected chi connectivity index (χ0v) is 14.2. The van der Waals surface area contributed by atoms with Gasteiger partial charge in [0, 0.05) is 10.9 Å². The number of benzene rings is 2. The van der Waals surface area contributed by atoms with Crippen LogP contribution in [-0.2, 0) is 11.9 Å². The monoisotopic (exact) mass is 373 g/mol.